The molecule has 1 aliphatic rings. The van der Waals surface area contributed by atoms with E-state index < -0.39 is 0 Å². The third-order valence-corrected chi connectivity index (χ3v) is 3.53. The maximum absolute atomic E-state index is 12.2. The Labute approximate surface area is 118 Å². The van der Waals surface area contributed by atoms with Crippen molar-refractivity contribution in [1.82, 2.24) is 19.8 Å². The topological polar surface area (TPSA) is 49.3 Å². The highest BCUT2D eigenvalue weighted by molar-refractivity contribution is 6.29. The second-order valence-electron chi connectivity index (χ2n) is 5.22. The van der Waals surface area contributed by atoms with Crippen molar-refractivity contribution >= 4 is 17.5 Å². The normalized spacial score (nSPS) is 16.9. The standard InChI is InChI=1S/C13H19ClN4O/c1-17(2)9-10-3-5-18(6-4-10)13(19)11-7-15-8-12(14)16-11/h7-8,10H,3-6,9H2,1-2H3. The highest BCUT2D eigenvalue weighted by Crippen LogP contribution is 2.19. The number of piperidine rings is 1. The van der Waals surface area contributed by atoms with E-state index in [-0.39, 0.29) is 11.1 Å². The van der Waals surface area contributed by atoms with Crippen molar-refractivity contribution in [1.29, 1.82) is 0 Å². The summed E-state index contributed by atoms with van der Waals surface area (Å²) < 4.78 is 0. The molecule has 0 N–H and O–H groups in total. The van der Waals surface area contributed by atoms with Crippen molar-refractivity contribution in [2.45, 2.75) is 12.8 Å². The highest BCUT2D eigenvalue weighted by atomic mass is 35.5. The summed E-state index contributed by atoms with van der Waals surface area (Å²) in [5.41, 5.74) is 0.332. The molecule has 5 nitrogen and oxygen atoms in total. The number of likely N-dealkylation sites (tertiary alicyclic amines) is 1. The number of carbonyl (C=O) groups excluding carboxylic acids is 1. The zero-order chi connectivity index (χ0) is 13.8. The Hall–Kier alpha value is -1.20. The summed E-state index contributed by atoms with van der Waals surface area (Å²) in [6, 6.07) is 0. The number of nitrogens with zero attached hydrogens (tertiary/aromatic N) is 4. The van der Waals surface area contributed by atoms with Crippen molar-refractivity contribution in [3.63, 3.8) is 0 Å². The van der Waals surface area contributed by atoms with Crippen LogP contribution in [0, 0.1) is 5.92 Å². The van der Waals surface area contributed by atoms with Crippen molar-refractivity contribution in [3.8, 4) is 0 Å². The monoisotopic (exact) mass is 282 g/mol. The number of carbonyl (C=O) groups is 1. The first-order chi connectivity index (χ1) is 9.06. The summed E-state index contributed by atoms with van der Waals surface area (Å²) in [6.45, 7) is 2.65. The molecule has 1 aliphatic heterocycles. The molecule has 19 heavy (non-hydrogen) atoms. The molecule has 0 radical (unpaired) electrons. The van der Waals surface area contributed by atoms with Gasteiger partial charge in [-0.2, -0.15) is 0 Å². The Morgan fingerprint density at radius 2 is 2.11 bits per heavy atom. The van der Waals surface area contributed by atoms with Gasteiger partial charge in [0.25, 0.3) is 5.91 Å². The Bertz CT molecular complexity index is 444. The Morgan fingerprint density at radius 3 is 2.68 bits per heavy atom. The van der Waals surface area contributed by atoms with E-state index in [1.807, 2.05) is 4.90 Å². The van der Waals surface area contributed by atoms with Crippen LogP contribution in [0.1, 0.15) is 23.3 Å². The van der Waals surface area contributed by atoms with E-state index in [1.165, 1.54) is 12.4 Å². The molecule has 2 heterocycles. The minimum atomic E-state index is -0.0710. The van der Waals surface area contributed by atoms with Crippen LogP contribution in [-0.2, 0) is 0 Å². The van der Waals surface area contributed by atoms with Gasteiger partial charge in [-0.05, 0) is 32.9 Å². The summed E-state index contributed by atoms with van der Waals surface area (Å²) in [7, 11) is 4.16. The molecule has 0 aromatic carbocycles. The van der Waals surface area contributed by atoms with Crippen molar-refractivity contribution in [2.24, 2.45) is 5.92 Å². The van der Waals surface area contributed by atoms with Crippen molar-refractivity contribution < 1.29 is 4.79 Å². The zero-order valence-electron chi connectivity index (χ0n) is 11.3. The molecule has 104 valence electrons. The maximum atomic E-state index is 12.2. The van der Waals surface area contributed by atoms with E-state index in [2.05, 4.69) is 29.0 Å². The van der Waals surface area contributed by atoms with E-state index in [4.69, 9.17) is 11.6 Å². The molecule has 0 aliphatic carbocycles. The Balaban J connectivity index is 1.92. The quantitative estimate of drug-likeness (QED) is 0.844. The lowest BCUT2D eigenvalue weighted by Crippen LogP contribution is -2.41. The van der Waals surface area contributed by atoms with Gasteiger partial charge in [0.1, 0.15) is 10.8 Å². The second kappa shape index (κ2) is 6.30. The third-order valence-electron chi connectivity index (χ3n) is 3.35. The first-order valence-electron chi connectivity index (χ1n) is 6.48. The average molecular weight is 283 g/mol. The van der Waals surface area contributed by atoms with Gasteiger partial charge in [-0.15, -0.1) is 0 Å². The molecule has 0 bridgehead atoms. The summed E-state index contributed by atoms with van der Waals surface area (Å²) in [5, 5.41) is 0.258. The van der Waals surface area contributed by atoms with E-state index in [0.717, 1.165) is 32.5 Å². The van der Waals surface area contributed by atoms with E-state index >= 15 is 0 Å². The molecule has 2 rings (SSSR count). The van der Waals surface area contributed by atoms with Crippen LogP contribution < -0.4 is 0 Å². The van der Waals surface area contributed by atoms with Crippen molar-refractivity contribution in [2.75, 3.05) is 33.7 Å². The predicted octanol–water partition coefficient (Wildman–Crippen LogP) is 1.54. The van der Waals surface area contributed by atoms with Gasteiger partial charge in [0.2, 0.25) is 0 Å². The lowest BCUT2D eigenvalue weighted by atomic mass is 9.96. The molecule has 1 saturated heterocycles. The van der Waals surface area contributed by atoms with Crippen LogP contribution in [0.3, 0.4) is 0 Å². The lowest BCUT2D eigenvalue weighted by molar-refractivity contribution is 0.0671. The fourth-order valence-corrected chi connectivity index (χ4v) is 2.59. The van der Waals surface area contributed by atoms with Gasteiger partial charge in [0.15, 0.2) is 0 Å². The Morgan fingerprint density at radius 1 is 1.42 bits per heavy atom. The molecular formula is C13H19ClN4O. The summed E-state index contributed by atoms with van der Waals surface area (Å²) in [6.07, 6.45) is 4.98. The third kappa shape index (κ3) is 3.88. The van der Waals surface area contributed by atoms with Gasteiger partial charge in [0, 0.05) is 19.6 Å². The van der Waals surface area contributed by atoms with Gasteiger partial charge in [-0.25, -0.2) is 4.98 Å². The van der Waals surface area contributed by atoms with Gasteiger partial charge in [0.05, 0.1) is 12.4 Å². The van der Waals surface area contributed by atoms with Crippen molar-refractivity contribution in [3.05, 3.63) is 23.2 Å². The molecule has 6 heteroatoms. The largest absolute Gasteiger partial charge is 0.337 e. The van der Waals surface area contributed by atoms with E-state index in [0.29, 0.717) is 11.6 Å². The highest BCUT2D eigenvalue weighted by Gasteiger charge is 2.24. The maximum Gasteiger partial charge on any atom is 0.274 e. The molecule has 1 aromatic rings. The van der Waals surface area contributed by atoms with Crippen LogP contribution in [0.5, 0.6) is 0 Å². The predicted molar refractivity (Wildman–Crippen MR) is 74.2 cm³/mol. The van der Waals surface area contributed by atoms with Crippen LogP contribution in [-0.4, -0.2) is 59.4 Å². The van der Waals surface area contributed by atoms with Crippen LogP contribution >= 0.6 is 11.6 Å². The lowest BCUT2D eigenvalue weighted by Gasteiger charge is -2.33. The molecule has 0 atom stereocenters. The fraction of sp³-hybridized carbons (Fsp3) is 0.615. The van der Waals surface area contributed by atoms with Gasteiger partial charge in [-0.3, -0.25) is 9.78 Å². The van der Waals surface area contributed by atoms with Crippen LogP contribution in [0.15, 0.2) is 12.4 Å². The van der Waals surface area contributed by atoms with Crippen LogP contribution in [0.25, 0.3) is 0 Å². The number of aromatic nitrogens is 2. The molecular weight excluding hydrogens is 264 g/mol. The SMILES string of the molecule is CN(C)CC1CCN(C(=O)c2cncc(Cl)n2)CC1. The van der Waals surface area contributed by atoms with Gasteiger partial charge in [-0.1, -0.05) is 11.6 Å². The molecule has 1 fully saturated rings. The number of amides is 1. The molecule has 1 aromatic heterocycles. The molecule has 1 amide bonds. The minimum Gasteiger partial charge on any atom is -0.337 e. The first-order valence-corrected chi connectivity index (χ1v) is 6.85. The van der Waals surface area contributed by atoms with Crippen LogP contribution in [0.4, 0.5) is 0 Å². The molecule has 0 saturated carbocycles. The van der Waals surface area contributed by atoms with E-state index in [9.17, 15) is 4.79 Å². The molecule has 0 spiro atoms. The van der Waals surface area contributed by atoms with E-state index in [1.54, 1.807) is 0 Å². The summed E-state index contributed by atoms with van der Waals surface area (Å²) in [5.74, 6) is 0.600. The minimum absolute atomic E-state index is 0.0710. The summed E-state index contributed by atoms with van der Waals surface area (Å²) in [4.78, 5) is 24.2. The molecule has 0 unspecified atom stereocenters. The second-order valence-corrected chi connectivity index (χ2v) is 5.61. The zero-order valence-corrected chi connectivity index (χ0v) is 12.1. The average Bonchev–Trinajstić information content (AvgIpc) is 2.38. The smallest absolute Gasteiger partial charge is 0.274 e. The van der Waals surface area contributed by atoms with Crippen LogP contribution in [0.2, 0.25) is 5.15 Å². The van der Waals surface area contributed by atoms with Gasteiger partial charge < -0.3 is 9.80 Å². The number of rotatable bonds is 3. The number of hydrogen-bond donors (Lipinski definition) is 0. The van der Waals surface area contributed by atoms with Gasteiger partial charge >= 0.3 is 0 Å². The fourth-order valence-electron chi connectivity index (χ4n) is 2.44. The summed E-state index contributed by atoms with van der Waals surface area (Å²) >= 11 is 5.76. The number of hydrogen-bond acceptors (Lipinski definition) is 4. The Kier molecular flexibility index (Phi) is 4.71. The first kappa shape index (κ1) is 14.2. The number of halogens is 1.